The second-order valence-corrected chi connectivity index (χ2v) is 6.15. The van der Waals surface area contributed by atoms with Crippen molar-refractivity contribution >= 4 is 28.9 Å². The topological polar surface area (TPSA) is 52.7 Å². The molecule has 0 atom stereocenters. The number of hydrogen-bond acceptors (Lipinski definition) is 3. The molecule has 0 saturated heterocycles. The van der Waals surface area contributed by atoms with Gasteiger partial charge in [0.15, 0.2) is 0 Å². The maximum absolute atomic E-state index is 12.8. The fourth-order valence-corrected chi connectivity index (χ4v) is 2.78. The van der Waals surface area contributed by atoms with Crippen LogP contribution in [0.1, 0.15) is 22.3 Å². The van der Waals surface area contributed by atoms with Crippen LogP contribution in [0.2, 0.25) is 0 Å². The Hall–Kier alpha value is -2.82. The number of carbonyl (C=O) groups is 2. The molecule has 0 bridgehead atoms. The molecule has 0 radical (unpaired) electrons. The van der Waals surface area contributed by atoms with Crippen molar-refractivity contribution in [1.82, 2.24) is 0 Å². The molecule has 24 heavy (non-hydrogen) atoms. The van der Waals surface area contributed by atoms with Crippen LogP contribution < -0.4 is 15.1 Å². The van der Waals surface area contributed by atoms with Crippen molar-refractivity contribution in [3.8, 4) is 0 Å². The Morgan fingerprint density at radius 2 is 1.88 bits per heavy atom. The van der Waals surface area contributed by atoms with Crippen LogP contribution in [-0.4, -0.2) is 32.5 Å². The number of fused-ring (bicyclic) bond motifs is 1. The minimum atomic E-state index is -0.109. The van der Waals surface area contributed by atoms with Crippen molar-refractivity contribution < 1.29 is 9.59 Å². The molecule has 2 amide bonds. The maximum Gasteiger partial charge on any atom is 0.258 e. The van der Waals surface area contributed by atoms with Crippen LogP contribution in [0.15, 0.2) is 42.5 Å². The number of rotatable bonds is 2. The van der Waals surface area contributed by atoms with Crippen molar-refractivity contribution in [1.29, 1.82) is 0 Å². The summed E-state index contributed by atoms with van der Waals surface area (Å²) in [6, 6.07) is 13.2. The molecule has 1 aliphatic heterocycles. The predicted octanol–water partition coefficient (Wildman–Crippen LogP) is 3.05. The molecular weight excluding hydrogens is 302 g/mol. The quantitative estimate of drug-likeness (QED) is 0.924. The van der Waals surface area contributed by atoms with E-state index in [1.54, 1.807) is 24.1 Å². The summed E-state index contributed by atoms with van der Waals surface area (Å²) in [6.07, 6.45) is 0.442. The van der Waals surface area contributed by atoms with Gasteiger partial charge in [-0.2, -0.15) is 0 Å². The molecule has 3 rings (SSSR count). The van der Waals surface area contributed by atoms with Gasteiger partial charge in [0.05, 0.1) is 11.4 Å². The molecule has 124 valence electrons. The molecule has 5 nitrogen and oxygen atoms in total. The first-order valence-corrected chi connectivity index (χ1v) is 7.95. The smallest absolute Gasteiger partial charge is 0.258 e. The Morgan fingerprint density at radius 1 is 1.17 bits per heavy atom. The highest BCUT2D eigenvalue weighted by atomic mass is 16.2. The van der Waals surface area contributed by atoms with Gasteiger partial charge in [-0.15, -0.1) is 0 Å². The molecule has 0 saturated carbocycles. The summed E-state index contributed by atoms with van der Waals surface area (Å²) in [4.78, 5) is 28.2. The van der Waals surface area contributed by atoms with Crippen molar-refractivity contribution in [3.63, 3.8) is 0 Å². The number of carbonyl (C=O) groups excluding carboxylic acids is 2. The van der Waals surface area contributed by atoms with E-state index in [2.05, 4.69) is 5.32 Å². The van der Waals surface area contributed by atoms with Crippen LogP contribution in [0.4, 0.5) is 17.1 Å². The Balaban J connectivity index is 1.90. The zero-order chi connectivity index (χ0) is 17.3. The van der Waals surface area contributed by atoms with Crippen molar-refractivity contribution in [2.24, 2.45) is 0 Å². The minimum Gasteiger partial charge on any atom is -0.372 e. The summed E-state index contributed by atoms with van der Waals surface area (Å²) in [5, 5.41) is 2.88. The molecule has 0 aromatic heterocycles. The molecule has 1 N–H and O–H groups in total. The van der Waals surface area contributed by atoms with E-state index in [0.717, 1.165) is 16.9 Å². The number of anilines is 3. The van der Waals surface area contributed by atoms with E-state index in [4.69, 9.17) is 0 Å². The first-order chi connectivity index (χ1) is 11.5. The van der Waals surface area contributed by atoms with Crippen LogP contribution >= 0.6 is 0 Å². The predicted molar refractivity (Wildman–Crippen MR) is 96.9 cm³/mol. The summed E-state index contributed by atoms with van der Waals surface area (Å²) >= 11 is 0. The second-order valence-electron chi connectivity index (χ2n) is 6.15. The highest BCUT2D eigenvalue weighted by Crippen LogP contribution is 2.29. The lowest BCUT2D eigenvalue weighted by atomic mass is 10.1. The summed E-state index contributed by atoms with van der Waals surface area (Å²) in [5.41, 5.74) is 4.14. The fraction of sp³-hybridized carbons (Fsp3) is 0.263. The third-order valence-electron chi connectivity index (χ3n) is 4.33. The van der Waals surface area contributed by atoms with Crippen molar-refractivity contribution in [3.05, 3.63) is 53.6 Å². The summed E-state index contributed by atoms with van der Waals surface area (Å²) in [5.74, 6) is -0.139. The van der Waals surface area contributed by atoms with E-state index >= 15 is 0 Å². The SMILES string of the molecule is Cc1ccc(N(C)C(=O)c2ccc3c(c2)NC(=O)CCN3C)cc1. The zero-order valence-electron chi connectivity index (χ0n) is 14.2. The lowest BCUT2D eigenvalue weighted by molar-refractivity contribution is -0.115. The normalized spacial score (nSPS) is 13.8. The van der Waals surface area contributed by atoms with Crippen LogP contribution in [0.5, 0.6) is 0 Å². The first-order valence-electron chi connectivity index (χ1n) is 7.95. The number of nitrogens with one attached hydrogen (secondary N) is 1. The molecule has 1 heterocycles. The largest absolute Gasteiger partial charge is 0.372 e. The lowest BCUT2D eigenvalue weighted by Gasteiger charge is -2.21. The fourth-order valence-electron chi connectivity index (χ4n) is 2.78. The highest BCUT2D eigenvalue weighted by Gasteiger charge is 2.20. The number of hydrogen-bond donors (Lipinski definition) is 1. The van der Waals surface area contributed by atoms with Gasteiger partial charge in [0.2, 0.25) is 5.91 Å². The van der Waals surface area contributed by atoms with Crippen LogP contribution in [0.3, 0.4) is 0 Å². The maximum atomic E-state index is 12.8. The van der Waals surface area contributed by atoms with Crippen LogP contribution in [-0.2, 0) is 4.79 Å². The average molecular weight is 323 g/mol. The van der Waals surface area contributed by atoms with E-state index in [1.165, 1.54) is 0 Å². The van der Waals surface area contributed by atoms with E-state index < -0.39 is 0 Å². The Kier molecular flexibility index (Phi) is 4.25. The number of amides is 2. The Bertz CT molecular complexity index is 784. The molecule has 0 unspecified atom stereocenters. The van der Waals surface area contributed by atoms with Crippen molar-refractivity contribution in [2.75, 3.05) is 35.8 Å². The van der Waals surface area contributed by atoms with Crippen molar-refractivity contribution in [2.45, 2.75) is 13.3 Å². The monoisotopic (exact) mass is 323 g/mol. The highest BCUT2D eigenvalue weighted by molar-refractivity contribution is 6.07. The second kappa shape index (κ2) is 6.35. The Morgan fingerprint density at radius 3 is 2.58 bits per heavy atom. The Labute approximate surface area is 141 Å². The molecule has 2 aromatic rings. The number of aryl methyl sites for hydroxylation is 1. The van der Waals surface area contributed by atoms with Gasteiger partial charge in [-0.05, 0) is 37.3 Å². The van der Waals surface area contributed by atoms with Gasteiger partial charge < -0.3 is 15.1 Å². The lowest BCUT2D eigenvalue weighted by Crippen LogP contribution is -2.26. The molecule has 2 aromatic carbocycles. The summed E-state index contributed by atoms with van der Waals surface area (Å²) in [7, 11) is 3.70. The number of nitrogens with zero attached hydrogens (tertiary/aromatic N) is 2. The minimum absolute atomic E-state index is 0.0305. The molecule has 1 aliphatic rings. The van der Waals surface area contributed by atoms with Gasteiger partial charge in [-0.25, -0.2) is 0 Å². The van der Waals surface area contributed by atoms with Crippen LogP contribution in [0, 0.1) is 6.92 Å². The van der Waals surface area contributed by atoms with Gasteiger partial charge in [0.25, 0.3) is 5.91 Å². The van der Waals surface area contributed by atoms with Gasteiger partial charge in [-0.3, -0.25) is 9.59 Å². The number of benzene rings is 2. The van der Waals surface area contributed by atoms with E-state index in [9.17, 15) is 9.59 Å². The van der Waals surface area contributed by atoms with Crippen LogP contribution in [0.25, 0.3) is 0 Å². The summed E-state index contributed by atoms with van der Waals surface area (Å²) in [6.45, 7) is 2.67. The van der Waals surface area contributed by atoms with Gasteiger partial charge in [0, 0.05) is 38.3 Å². The van der Waals surface area contributed by atoms with E-state index in [1.807, 2.05) is 49.2 Å². The van der Waals surface area contributed by atoms with Gasteiger partial charge >= 0.3 is 0 Å². The third-order valence-corrected chi connectivity index (χ3v) is 4.33. The summed E-state index contributed by atoms with van der Waals surface area (Å²) < 4.78 is 0. The van der Waals surface area contributed by atoms with Gasteiger partial charge in [0.1, 0.15) is 0 Å². The first kappa shape index (κ1) is 16.1. The standard InChI is InChI=1S/C19H21N3O2/c1-13-4-7-15(8-5-13)22(3)19(24)14-6-9-17-16(12-14)20-18(23)10-11-21(17)2/h4-9,12H,10-11H2,1-3H3,(H,20,23). The molecule has 0 aliphatic carbocycles. The average Bonchev–Trinajstić information content (AvgIpc) is 2.72. The molecule has 0 fully saturated rings. The molecular formula is C19H21N3O2. The third kappa shape index (κ3) is 3.11. The molecule has 0 spiro atoms. The van der Waals surface area contributed by atoms with E-state index in [0.29, 0.717) is 24.2 Å². The zero-order valence-corrected chi connectivity index (χ0v) is 14.2. The van der Waals surface area contributed by atoms with Gasteiger partial charge in [-0.1, -0.05) is 17.7 Å². The van der Waals surface area contributed by atoms with E-state index in [-0.39, 0.29) is 11.8 Å². The molecule has 5 heteroatoms.